The summed E-state index contributed by atoms with van der Waals surface area (Å²) >= 11 is 0. The van der Waals surface area contributed by atoms with Crippen LogP contribution in [0.25, 0.3) is 0 Å². The zero-order valence-corrected chi connectivity index (χ0v) is 11.6. The second-order valence-corrected chi connectivity index (χ2v) is 5.99. The van der Waals surface area contributed by atoms with Crippen LogP contribution in [-0.4, -0.2) is 62.2 Å². The molecule has 3 nitrogen and oxygen atoms in total. The van der Waals surface area contributed by atoms with E-state index in [4.69, 9.17) is 0 Å². The van der Waals surface area contributed by atoms with Crippen LogP contribution in [0.15, 0.2) is 0 Å². The lowest BCUT2D eigenvalue weighted by Gasteiger charge is -2.35. The van der Waals surface area contributed by atoms with Gasteiger partial charge in [0.25, 0.3) is 0 Å². The first-order valence-corrected chi connectivity index (χ1v) is 7.40. The number of likely N-dealkylation sites (tertiary alicyclic amines) is 2. The van der Waals surface area contributed by atoms with Gasteiger partial charge in [-0.1, -0.05) is 6.92 Å². The Morgan fingerprint density at radius 2 is 1.94 bits per heavy atom. The van der Waals surface area contributed by atoms with Gasteiger partial charge >= 0.3 is 0 Å². The Labute approximate surface area is 107 Å². The summed E-state index contributed by atoms with van der Waals surface area (Å²) in [5, 5.41) is 3.76. The van der Waals surface area contributed by atoms with E-state index in [1.54, 1.807) is 0 Å². The predicted molar refractivity (Wildman–Crippen MR) is 73.4 cm³/mol. The largest absolute Gasteiger partial charge is 0.314 e. The van der Waals surface area contributed by atoms with Crippen molar-refractivity contribution >= 4 is 0 Å². The Balaban J connectivity index is 1.55. The van der Waals surface area contributed by atoms with E-state index in [1.807, 2.05) is 0 Å². The molecule has 0 aromatic rings. The smallest absolute Gasteiger partial charge is 0.0117 e. The highest BCUT2D eigenvalue weighted by Gasteiger charge is 2.23. The van der Waals surface area contributed by atoms with E-state index in [-0.39, 0.29) is 0 Å². The minimum Gasteiger partial charge on any atom is -0.314 e. The van der Waals surface area contributed by atoms with Crippen molar-refractivity contribution in [3.8, 4) is 0 Å². The topological polar surface area (TPSA) is 18.5 Å². The van der Waals surface area contributed by atoms with Crippen molar-refractivity contribution in [2.45, 2.75) is 38.6 Å². The van der Waals surface area contributed by atoms with E-state index in [2.05, 4.69) is 29.1 Å². The molecule has 0 saturated carbocycles. The molecule has 2 saturated heterocycles. The van der Waals surface area contributed by atoms with Crippen LogP contribution in [0, 0.1) is 5.92 Å². The Bertz CT molecular complexity index is 214. The molecule has 2 aliphatic heterocycles. The summed E-state index contributed by atoms with van der Waals surface area (Å²) < 4.78 is 0. The number of nitrogens with zero attached hydrogens (tertiary/aromatic N) is 2. The van der Waals surface area contributed by atoms with Crippen molar-refractivity contribution in [1.82, 2.24) is 15.1 Å². The molecular weight excluding hydrogens is 210 g/mol. The summed E-state index contributed by atoms with van der Waals surface area (Å²) in [7, 11) is 2.24. The standard InChI is InChI=1S/C14H29N3/c1-13-12-16(2)11-6-14(13)15-7-5-10-17-8-3-4-9-17/h13-15H,3-12H2,1-2H3. The number of nitrogens with one attached hydrogen (secondary N) is 1. The summed E-state index contributed by atoms with van der Waals surface area (Å²) in [6, 6.07) is 0.754. The molecule has 3 heteroatoms. The van der Waals surface area contributed by atoms with E-state index < -0.39 is 0 Å². The molecule has 0 bridgehead atoms. The maximum atomic E-state index is 3.76. The van der Waals surface area contributed by atoms with Gasteiger partial charge in [-0.3, -0.25) is 0 Å². The molecular formula is C14H29N3. The third-order valence-electron chi connectivity index (χ3n) is 4.36. The zero-order chi connectivity index (χ0) is 12.1. The van der Waals surface area contributed by atoms with Crippen molar-refractivity contribution in [2.75, 3.05) is 46.3 Å². The first-order chi connectivity index (χ1) is 8.25. The Morgan fingerprint density at radius 3 is 2.65 bits per heavy atom. The van der Waals surface area contributed by atoms with E-state index in [0.717, 1.165) is 12.0 Å². The monoisotopic (exact) mass is 239 g/mol. The maximum absolute atomic E-state index is 3.76. The summed E-state index contributed by atoms with van der Waals surface area (Å²) in [5.74, 6) is 0.806. The van der Waals surface area contributed by atoms with E-state index in [9.17, 15) is 0 Å². The van der Waals surface area contributed by atoms with Crippen LogP contribution in [0.4, 0.5) is 0 Å². The Morgan fingerprint density at radius 1 is 1.18 bits per heavy atom. The highest BCUT2D eigenvalue weighted by atomic mass is 15.1. The predicted octanol–water partition coefficient (Wildman–Crippen LogP) is 1.40. The van der Waals surface area contributed by atoms with Crippen LogP contribution in [0.2, 0.25) is 0 Å². The number of hydrogen-bond donors (Lipinski definition) is 1. The normalized spacial score (nSPS) is 32.1. The first kappa shape index (κ1) is 13.3. The molecule has 2 rings (SSSR count). The van der Waals surface area contributed by atoms with Crippen LogP contribution in [0.3, 0.4) is 0 Å². The fourth-order valence-corrected chi connectivity index (χ4v) is 3.25. The number of rotatable bonds is 5. The second kappa shape index (κ2) is 6.72. The third kappa shape index (κ3) is 4.23. The van der Waals surface area contributed by atoms with E-state index in [1.165, 1.54) is 65.0 Å². The second-order valence-electron chi connectivity index (χ2n) is 5.99. The highest BCUT2D eigenvalue weighted by Crippen LogP contribution is 2.15. The van der Waals surface area contributed by atoms with E-state index in [0.29, 0.717) is 0 Å². The third-order valence-corrected chi connectivity index (χ3v) is 4.36. The van der Waals surface area contributed by atoms with Gasteiger partial charge in [0.1, 0.15) is 0 Å². The highest BCUT2D eigenvalue weighted by molar-refractivity contribution is 4.81. The SMILES string of the molecule is CC1CN(C)CCC1NCCCN1CCCC1. The quantitative estimate of drug-likeness (QED) is 0.732. The fraction of sp³-hybridized carbons (Fsp3) is 1.00. The minimum absolute atomic E-state index is 0.754. The number of piperidine rings is 1. The van der Waals surface area contributed by atoms with Crippen molar-refractivity contribution in [3.05, 3.63) is 0 Å². The molecule has 2 fully saturated rings. The molecule has 2 aliphatic rings. The van der Waals surface area contributed by atoms with Crippen LogP contribution >= 0.6 is 0 Å². The van der Waals surface area contributed by atoms with Crippen LogP contribution in [0.5, 0.6) is 0 Å². The molecule has 1 N–H and O–H groups in total. The van der Waals surface area contributed by atoms with Gasteiger partial charge in [0.15, 0.2) is 0 Å². The van der Waals surface area contributed by atoms with Gasteiger partial charge in [-0.05, 0) is 71.4 Å². The van der Waals surface area contributed by atoms with Gasteiger partial charge in [-0.25, -0.2) is 0 Å². The molecule has 17 heavy (non-hydrogen) atoms. The summed E-state index contributed by atoms with van der Waals surface area (Å²) in [5.41, 5.74) is 0. The summed E-state index contributed by atoms with van der Waals surface area (Å²) in [6.45, 7) is 10.1. The van der Waals surface area contributed by atoms with Crippen LogP contribution < -0.4 is 5.32 Å². The first-order valence-electron chi connectivity index (χ1n) is 7.40. The lowest BCUT2D eigenvalue weighted by molar-refractivity contribution is 0.174. The van der Waals surface area contributed by atoms with Crippen molar-refractivity contribution < 1.29 is 0 Å². The molecule has 0 aromatic heterocycles. The van der Waals surface area contributed by atoms with Gasteiger partial charge in [-0.15, -0.1) is 0 Å². The fourth-order valence-electron chi connectivity index (χ4n) is 3.25. The van der Waals surface area contributed by atoms with Gasteiger partial charge in [0, 0.05) is 12.6 Å². The number of hydrogen-bond acceptors (Lipinski definition) is 3. The lowest BCUT2D eigenvalue weighted by atomic mass is 9.94. The summed E-state index contributed by atoms with van der Waals surface area (Å²) in [4.78, 5) is 5.06. The van der Waals surface area contributed by atoms with E-state index >= 15 is 0 Å². The Kier molecular flexibility index (Phi) is 5.26. The van der Waals surface area contributed by atoms with Crippen molar-refractivity contribution in [2.24, 2.45) is 5.92 Å². The molecule has 2 unspecified atom stereocenters. The molecule has 2 atom stereocenters. The van der Waals surface area contributed by atoms with Crippen LogP contribution in [-0.2, 0) is 0 Å². The molecule has 2 heterocycles. The molecule has 0 spiro atoms. The Hall–Kier alpha value is -0.120. The van der Waals surface area contributed by atoms with Crippen molar-refractivity contribution in [1.29, 1.82) is 0 Å². The molecule has 0 aliphatic carbocycles. The maximum Gasteiger partial charge on any atom is 0.0117 e. The average Bonchev–Trinajstić information content (AvgIpc) is 2.79. The van der Waals surface area contributed by atoms with Gasteiger partial charge in [0.05, 0.1) is 0 Å². The van der Waals surface area contributed by atoms with Crippen LogP contribution in [0.1, 0.15) is 32.6 Å². The van der Waals surface area contributed by atoms with Gasteiger partial charge < -0.3 is 15.1 Å². The average molecular weight is 239 g/mol. The summed E-state index contributed by atoms with van der Waals surface area (Å²) in [6.07, 6.45) is 5.47. The van der Waals surface area contributed by atoms with Gasteiger partial charge in [0.2, 0.25) is 0 Å². The minimum atomic E-state index is 0.754. The van der Waals surface area contributed by atoms with Crippen molar-refractivity contribution in [3.63, 3.8) is 0 Å². The zero-order valence-electron chi connectivity index (χ0n) is 11.6. The van der Waals surface area contributed by atoms with Gasteiger partial charge in [-0.2, -0.15) is 0 Å². The molecule has 0 radical (unpaired) electrons. The lowest BCUT2D eigenvalue weighted by Crippen LogP contribution is -2.47. The molecule has 100 valence electrons. The molecule has 0 amide bonds. The molecule has 0 aromatic carbocycles.